The van der Waals surface area contributed by atoms with Gasteiger partial charge in [-0.25, -0.2) is 0 Å². The highest BCUT2D eigenvalue weighted by Crippen LogP contribution is 2.51. The van der Waals surface area contributed by atoms with Crippen molar-refractivity contribution in [2.24, 2.45) is 4.99 Å². The Morgan fingerprint density at radius 3 is 2.39 bits per heavy atom. The molecule has 144 valence electrons. The highest BCUT2D eigenvalue weighted by Gasteiger charge is 2.56. The van der Waals surface area contributed by atoms with Gasteiger partial charge in [0.15, 0.2) is 0 Å². The van der Waals surface area contributed by atoms with Crippen LogP contribution in [0.2, 0.25) is 0 Å². The Kier molecular flexibility index (Phi) is 3.86. The van der Waals surface area contributed by atoms with E-state index in [4.69, 9.17) is 0 Å². The van der Waals surface area contributed by atoms with E-state index >= 15 is 8.78 Å². The molecule has 7 heteroatoms. The van der Waals surface area contributed by atoms with Crippen molar-refractivity contribution in [1.29, 1.82) is 0 Å². The summed E-state index contributed by atoms with van der Waals surface area (Å²) in [7, 11) is 0. The Balaban J connectivity index is 2.03. The highest BCUT2D eigenvalue weighted by atomic mass is 19.4. The van der Waals surface area contributed by atoms with Gasteiger partial charge >= 0.3 is 6.18 Å². The molecule has 0 amide bonds. The number of benzene rings is 2. The molecule has 0 N–H and O–H groups in total. The third kappa shape index (κ3) is 2.68. The Morgan fingerprint density at radius 1 is 0.929 bits per heavy atom. The molecule has 0 bridgehead atoms. The molecule has 0 fully saturated rings. The molecule has 1 aliphatic heterocycles. The number of alkyl halides is 5. The summed E-state index contributed by atoms with van der Waals surface area (Å²) in [6.07, 6.45) is -3.28. The zero-order valence-electron chi connectivity index (χ0n) is 15.0. The molecule has 0 saturated carbocycles. The first-order valence-corrected chi connectivity index (χ1v) is 8.56. The second-order valence-electron chi connectivity index (χ2n) is 7.23. The van der Waals surface area contributed by atoms with E-state index in [0.29, 0.717) is 17.1 Å². The van der Waals surface area contributed by atoms with E-state index in [2.05, 4.69) is 9.98 Å². The standard InChI is InChI=1S/C21H15F5N2/c1-19(2)20(22,23)17-14(6-3-7-15(17)21(24,25)26)18(28-19)13-8-9-16-12(11-13)5-4-10-27-16/h3-11H,1-2H3. The van der Waals surface area contributed by atoms with Gasteiger partial charge in [0.1, 0.15) is 5.54 Å². The van der Waals surface area contributed by atoms with Crippen LogP contribution in [0.5, 0.6) is 0 Å². The lowest BCUT2D eigenvalue weighted by Gasteiger charge is -2.38. The monoisotopic (exact) mass is 390 g/mol. The van der Waals surface area contributed by atoms with Crippen molar-refractivity contribution in [3.8, 4) is 0 Å². The number of nitrogens with zero attached hydrogens (tertiary/aromatic N) is 2. The van der Waals surface area contributed by atoms with E-state index in [1.165, 1.54) is 6.07 Å². The molecular formula is C21H15F5N2. The van der Waals surface area contributed by atoms with Gasteiger partial charge < -0.3 is 0 Å². The summed E-state index contributed by atoms with van der Waals surface area (Å²) in [5.74, 6) is -3.78. The maximum atomic E-state index is 15.1. The van der Waals surface area contributed by atoms with E-state index in [1.54, 1.807) is 36.5 Å². The third-order valence-electron chi connectivity index (χ3n) is 4.98. The van der Waals surface area contributed by atoms with Gasteiger partial charge in [-0.05, 0) is 38.1 Å². The van der Waals surface area contributed by atoms with Gasteiger partial charge in [-0.2, -0.15) is 22.0 Å². The molecule has 0 atom stereocenters. The Bertz CT molecular complexity index is 1110. The predicted octanol–water partition coefficient (Wildman–Crippen LogP) is 5.98. The average Bonchev–Trinajstić information content (AvgIpc) is 2.63. The van der Waals surface area contributed by atoms with Crippen molar-refractivity contribution in [2.45, 2.75) is 31.5 Å². The fourth-order valence-electron chi connectivity index (χ4n) is 3.48. The van der Waals surface area contributed by atoms with Gasteiger partial charge in [-0.3, -0.25) is 9.98 Å². The lowest BCUT2D eigenvalue weighted by Crippen LogP contribution is -2.45. The minimum Gasteiger partial charge on any atom is -0.271 e. The molecule has 1 aliphatic rings. The smallest absolute Gasteiger partial charge is 0.271 e. The van der Waals surface area contributed by atoms with Gasteiger partial charge in [-0.1, -0.05) is 24.3 Å². The number of pyridine rings is 1. The minimum atomic E-state index is -4.90. The average molecular weight is 390 g/mol. The summed E-state index contributed by atoms with van der Waals surface area (Å²) in [5.41, 5.74) is -3.34. The maximum Gasteiger partial charge on any atom is 0.416 e. The lowest BCUT2D eigenvalue weighted by molar-refractivity contribution is -0.145. The first kappa shape index (κ1) is 18.5. The van der Waals surface area contributed by atoms with Crippen LogP contribution in [0.25, 0.3) is 10.9 Å². The quantitative estimate of drug-likeness (QED) is 0.470. The second-order valence-corrected chi connectivity index (χ2v) is 7.23. The highest BCUT2D eigenvalue weighted by molar-refractivity contribution is 6.16. The van der Waals surface area contributed by atoms with E-state index in [9.17, 15) is 13.2 Å². The number of hydrogen-bond donors (Lipinski definition) is 0. The second kappa shape index (κ2) is 5.83. The minimum absolute atomic E-state index is 0.114. The number of hydrogen-bond acceptors (Lipinski definition) is 2. The van der Waals surface area contributed by atoms with Crippen LogP contribution in [0.1, 0.15) is 36.1 Å². The topological polar surface area (TPSA) is 25.2 Å². The molecule has 4 rings (SSSR count). The molecule has 1 aromatic heterocycles. The molecule has 0 radical (unpaired) electrons. The van der Waals surface area contributed by atoms with Crippen molar-refractivity contribution in [3.63, 3.8) is 0 Å². The zero-order valence-corrected chi connectivity index (χ0v) is 15.0. The molecule has 2 aromatic carbocycles. The van der Waals surface area contributed by atoms with Crippen LogP contribution in [-0.4, -0.2) is 16.2 Å². The Morgan fingerprint density at radius 2 is 1.68 bits per heavy atom. The fourth-order valence-corrected chi connectivity index (χ4v) is 3.48. The van der Waals surface area contributed by atoms with Crippen LogP contribution in [0.4, 0.5) is 22.0 Å². The van der Waals surface area contributed by atoms with Crippen LogP contribution in [0, 0.1) is 0 Å². The molecule has 2 nitrogen and oxygen atoms in total. The molecule has 3 aromatic rings. The molecule has 0 unspecified atom stereocenters. The van der Waals surface area contributed by atoms with Crippen LogP contribution in [0.3, 0.4) is 0 Å². The molecule has 0 saturated heterocycles. The lowest BCUT2D eigenvalue weighted by atomic mass is 9.79. The summed E-state index contributed by atoms with van der Waals surface area (Å²) in [5, 5.41) is 0.742. The first-order valence-electron chi connectivity index (χ1n) is 8.56. The van der Waals surface area contributed by atoms with E-state index in [-0.39, 0.29) is 11.3 Å². The summed E-state index contributed by atoms with van der Waals surface area (Å²) < 4.78 is 70.8. The van der Waals surface area contributed by atoms with Crippen LogP contribution in [-0.2, 0) is 12.1 Å². The number of halogens is 5. The van der Waals surface area contributed by atoms with Crippen molar-refractivity contribution in [3.05, 3.63) is 77.0 Å². The van der Waals surface area contributed by atoms with Crippen molar-refractivity contribution < 1.29 is 22.0 Å². The first-order chi connectivity index (χ1) is 13.0. The molecule has 2 heterocycles. The predicted molar refractivity (Wildman–Crippen MR) is 96.8 cm³/mol. The van der Waals surface area contributed by atoms with E-state index in [1.807, 2.05) is 0 Å². The molecule has 28 heavy (non-hydrogen) atoms. The van der Waals surface area contributed by atoms with Crippen molar-refractivity contribution in [1.82, 2.24) is 4.98 Å². The molecule has 0 aliphatic carbocycles. The molecule has 0 spiro atoms. The normalized spacial score (nSPS) is 17.9. The van der Waals surface area contributed by atoms with Gasteiger partial charge in [0.05, 0.1) is 16.8 Å². The largest absolute Gasteiger partial charge is 0.416 e. The SMILES string of the molecule is CC1(C)N=C(c2ccc3ncccc3c2)c2cccc(C(F)(F)F)c2C1(F)F. The summed E-state index contributed by atoms with van der Waals surface area (Å²) in [4.78, 5) is 8.39. The van der Waals surface area contributed by atoms with E-state index in [0.717, 1.165) is 25.3 Å². The Hall–Kier alpha value is -2.83. The van der Waals surface area contributed by atoms with Crippen LogP contribution >= 0.6 is 0 Å². The number of fused-ring (bicyclic) bond motifs is 2. The summed E-state index contributed by atoms with van der Waals surface area (Å²) in [6.45, 7) is 2.29. The van der Waals surface area contributed by atoms with E-state index < -0.39 is 28.8 Å². The van der Waals surface area contributed by atoms with Gasteiger partial charge in [0, 0.05) is 28.3 Å². The third-order valence-corrected chi connectivity index (χ3v) is 4.98. The van der Waals surface area contributed by atoms with Gasteiger partial charge in [0.2, 0.25) is 0 Å². The maximum absolute atomic E-state index is 15.1. The number of rotatable bonds is 1. The van der Waals surface area contributed by atoms with Crippen molar-refractivity contribution >= 4 is 16.6 Å². The number of aromatic nitrogens is 1. The summed E-state index contributed by atoms with van der Waals surface area (Å²) >= 11 is 0. The van der Waals surface area contributed by atoms with Crippen LogP contribution in [0.15, 0.2) is 59.7 Å². The Labute approximate surface area is 157 Å². The van der Waals surface area contributed by atoms with Gasteiger partial charge in [-0.15, -0.1) is 0 Å². The fraction of sp³-hybridized carbons (Fsp3) is 0.238. The van der Waals surface area contributed by atoms with Crippen molar-refractivity contribution in [2.75, 3.05) is 0 Å². The summed E-state index contributed by atoms with van der Waals surface area (Å²) in [6, 6.07) is 11.6. The van der Waals surface area contributed by atoms with Crippen LogP contribution < -0.4 is 0 Å². The van der Waals surface area contributed by atoms with Gasteiger partial charge in [0.25, 0.3) is 5.92 Å². The zero-order chi connectivity index (χ0) is 20.3. The number of aliphatic imine (C=N–C) groups is 1. The molecular weight excluding hydrogens is 375 g/mol.